The molecule has 0 atom stereocenters. The molecular formula is C11H15ClN. The second-order valence-electron chi connectivity index (χ2n) is 3.18. The highest BCUT2D eigenvalue weighted by Gasteiger charge is 2.05. The fourth-order valence-corrected chi connectivity index (χ4v) is 1.69. The monoisotopic (exact) mass is 196 g/mol. The largest absolute Gasteiger partial charge is 0.253 e. The van der Waals surface area contributed by atoms with E-state index in [-0.39, 0.29) is 0 Å². The third kappa shape index (κ3) is 2.70. The SMILES string of the molecule is CCCc1[c]ncc(Cl)c1CCC. The highest BCUT2D eigenvalue weighted by Crippen LogP contribution is 2.20. The van der Waals surface area contributed by atoms with Crippen LogP contribution in [-0.2, 0) is 12.8 Å². The molecular weight excluding hydrogens is 182 g/mol. The fourth-order valence-electron chi connectivity index (χ4n) is 1.43. The number of halogens is 1. The van der Waals surface area contributed by atoms with Gasteiger partial charge in [0.25, 0.3) is 0 Å². The number of rotatable bonds is 4. The van der Waals surface area contributed by atoms with E-state index in [1.807, 2.05) is 0 Å². The van der Waals surface area contributed by atoms with Crippen LogP contribution >= 0.6 is 11.6 Å². The van der Waals surface area contributed by atoms with Gasteiger partial charge in [-0.25, -0.2) is 0 Å². The molecule has 0 unspecified atom stereocenters. The molecule has 0 saturated heterocycles. The quantitative estimate of drug-likeness (QED) is 0.719. The van der Waals surface area contributed by atoms with E-state index in [4.69, 9.17) is 11.6 Å². The average Bonchev–Trinajstić information content (AvgIpc) is 2.11. The second-order valence-corrected chi connectivity index (χ2v) is 3.58. The summed E-state index contributed by atoms with van der Waals surface area (Å²) < 4.78 is 0. The van der Waals surface area contributed by atoms with Crippen molar-refractivity contribution in [2.75, 3.05) is 0 Å². The first kappa shape index (κ1) is 10.5. The van der Waals surface area contributed by atoms with Crippen LogP contribution in [0.4, 0.5) is 0 Å². The predicted molar refractivity (Wildman–Crippen MR) is 56.1 cm³/mol. The molecule has 0 aliphatic rings. The van der Waals surface area contributed by atoms with Crippen molar-refractivity contribution in [3.05, 3.63) is 28.5 Å². The molecule has 1 radical (unpaired) electrons. The second kappa shape index (κ2) is 5.23. The van der Waals surface area contributed by atoms with Crippen molar-refractivity contribution >= 4 is 11.6 Å². The van der Waals surface area contributed by atoms with Crippen molar-refractivity contribution in [2.24, 2.45) is 0 Å². The molecule has 1 heterocycles. The van der Waals surface area contributed by atoms with Crippen LogP contribution in [0.3, 0.4) is 0 Å². The molecule has 0 bridgehead atoms. The summed E-state index contributed by atoms with van der Waals surface area (Å²) in [5.74, 6) is 0. The van der Waals surface area contributed by atoms with Crippen LogP contribution in [0.5, 0.6) is 0 Å². The Labute approximate surface area is 85.1 Å². The highest BCUT2D eigenvalue weighted by atomic mass is 35.5. The summed E-state index contributed by atoms with van der Waals surface area (Å²) in [7, 11) is 0. The number of hydrogen-bond acceptors (Lipinski definition) is 1. The Morgan fingerprint density at radius 1 is 1.31 bits per heavy atom. The van der Waals surface area contributed by atoms with E-state index < -0.39 is 0 Å². The van der Waals surface area contributed by atoms with Gasteiger partial charge in [0.05, 0.1) is 11.2 Å². The Balaban J connectivity index is 2.95. The van der Waals surface area contributed by atoms with Gasteiger partial charge in [-0.2, -0.15) is 0 Å². The van der Waals surface area contributed by atoms with Crippen LogP contribution in [0.25, 0.3) is 0 Å². The third-order valence-electron chi connectivity index (χ3n) is 2.03. The van der Waals surface area contributed by atoms with E-state index in [1.54, 1.807) is 6.20 Å². The molecule has 0 spiro atoms. The van der Waals surface area contributed by atoms with Crippen molar-refractivity contribution in [1.82, 2.24) is 4.98 Å². The zero-order valence-corrected chi connectivity index (χ0v) is 8.99. The van der Waals surface area contributed by atoms with E-state index in [0.717, 1.165) is 30.7 Å². The molecule has 0 N–H and O–H groups in total. The number of aromatic nitrogens is 1. The number of pyridine rings is 1. The molecule has 2 heteroatoms. The van der Waals surface area contributed by atoms with Gasteiger partial charge in [0.1, 0.15) is 0 Å². The van der Waals surface area contributed by atoms with Gasteiger partial charge in [0.15, 0.2) is 0 Å². The first-order valence-corrected chi connectivity index (χ1v) is 5.21. The van der Waals surface area contributed by atoms with E-state index in [2.05, 4.69) is 25.0 Å². The summed E-state index contributed by atoms with van der Waals surface area (Å²) in [6, 6.07) is 0. The maximum Gasteiger partial charge on any atom is 0.0924 e. The van der Waals surface area contributed by atoms with Gasteiger partial charge in [0, 0.05) is 6.20 Å². The molecule has 0 fully saturated rings. The lowest BCUT2D eigenvalue weighted by Gasteiger charge is -2.07. The first-order valence-electron chi connectivity index (χ1n) is 4.83. The van der Waals surface area contributed by atoms with Gasteiger partial charge in [-0.1, -0.05) is 38.3 Å². The Bertz CT molecular complexity index is 271. The minimum Gasteiger partial charge on any atom is -0.253 e. The maximum atomic E-state index is 6.06. The number of hydrogen-bond donors (Lipinski definition) is 0. The van der Waals surface area contributed by atoms with Crippen LogP contribution in [0.1, 0.15) is 37.8 Å². The van der Waals surface area contributed by atoms with Gasteiger partial charge < -0.3 is 0 Å². The van der Waals surface area contributed by atoms with Gasteiger partial charge in [-0.05, 0) is 24.0 Å². The van der Waals surface area contributed by atoms with Crippen LogP contribution in [0.2, 0.25) is 5.02 Å². The normalized spacial score (nSPS) is 10.4. The molecule has 0 aliphatic heterocycles. The summed E-state index contributed by atoms with van der Waals surface area (Å²) >= 11 is 6.06. The Morgan fingerprint density at radius 3 is 2.62 bits per heavy atom. The van der Waals surface area contributed by atoms with Crippen LogP contribution in [0, 0.1) is 6.20 Å². The van der Waals surface area contributed by atoms with Crippen molar-refractivity contribution in [2.45, 2.75) is 39.5 Å². The lowest BCUT2D eigenvalue weighted by Crippen LogP contribution is -1.96. The standard InChI is InChI=1S/C11H15ClN/c1-3-5-9-7-13-8-11(12)10(9)6-4-2/h8H,3-6H2,1-2H3. The lowest BCUT2D eigenvalue weighted by molar-refractivity contribution is 0.851. The molecule has 1 aromatic rings. The Morgan fingerprint density at radius 2 is 2.00 bits per heavy atom. The fraction of sp³-hybridized carbons (Fsp3) is 0.545. The summed E-state index contributed by atoms with van der Waals surface area (Å²) in [5, 5.41) is 0.795. The predicted octanol–water partition coefficient (Wildman–Crippen LogP) is 3.44. The van der Waals surface area contributed by atoms with Crippen LogP contribution < -0.4 is 0 Å². The van der Waals surface area contributed by atoms with Gasteiger partial charge in [0.2, 0.25) is 0 Å². The zero-order chi connectivity index (χ0) is 9.68. The van der Waals surface area contributed by atoms with E-state index in [9.17, 15) is 0 Å². The molecule has 1 aromatic heterocycles. The van der Waals surface area contributed by atoms with E-state index >= 15 is 0 Å². The number of aryl methyl sites for hydroxylation is 1. The molecule has 0 aromatic carbocycles. The van der Waals surface area contributed by atoms with E-state index in [0.29, 0.717) is 0 Å². The van der Waals surface area contributed by atoms with Gasteiger partial charge in [-0.3, -0.25) is 4.98 Å². The molecule has 1 rings (SSSR count). The summed E-state index contributed by atoms with van der Waals surface area (Å²) in [6.07, 6.45) is 9.02. The van der Waals surface area contributed by atoms with Crippen LogP contribution in [0.15, 0.2) is 6.20 Å². The molecule has 1 nitrogen and oxygen atoms in total. The topological polar surface area (TPSA) is 12.9 Å². The molecule has 0 saturated carbocycles. The summed E-state index contributed by atoms with van der Waals surface area (Å²) in [5.41, 5.74) is 2.43. The molecule has 71 valence electrons. The van der Waals surface area contributed by atoms with Gasteiger partial charge >= 0.3 is 0 Å². The van der Waals surface area contributed by atoms with Crippen molar-refractivity contribution in [3.63, 3.8) is 0 Å². The zero-order valence-electron chi connectivity index (χ0n) is 8.23. The summed E-state index contributed by atoms with van der Waals surface area (Å²) in [6.45, 7) is 4.32. The highest BCUT2D eigenvalue weighted by molar-refractivity contribution is 6.31. The molecule has 0 amide bonds. The molecule has 13 heavy (non-hydrogen) atoms. The Hall–Kier alpha value is -0.560. The van der Waals surface area contributed by atoms with Crippen molar-refractivity contribution < 1.29 is 0 Å². The van der Waals surface area contributed by atoms with Crippen LogP contribution in [-0.4, -0.2) is 4.98 Å². The average molecular weight is 197 g/mol. The smallest absolute Gasteiger partial charge is 0.0924 e. The maximum absolute atomic E-state index is 6.06. The van der Waals surface area contributed by atoms with Gasteiger partial charge in [-0.15, -0.1) is 0 Å². The summed E-state index contributed by atoms with van der Waals surface area (Å²) in [4.78, 5) is 3.99. The molecule has 0 aliphatic carbocycles. The first-order chi connectivity index (χ1) is 6.29. The minimum absolute atomic E-state index is 0.795. The van der Waals surface area contributed by atoms with E-state index in [1.165, 1.54) is 11.1 Å². The number of nitrogens with zero attached hydrogens (tertiary/aromatic N) is 1. The lowest BCUT2D eigenvalue weighted by atomic mass is 10.0. The Kier molecular flexibility index (Phi) is 4.23. The minimum atomic E-state index is 0.795. The third-order valence-corrected chi connectivity index (χ3v) is 2.36. The van der Waals surface area contributed by atoms with Crippen molar-refractivity contribution in [1.29, 1.82) is 0 Å². The van der Waals surface area contributed by atoms with Crippen molar-refractivity contribution in [3.8, 4) is 0 Å².